The lowest BCUT2D eigenvalue weighted by Crippen LogP contribution is -2.18. The molecule has 0 unspecified atom stereocenters. The first-order chi connectivity index (χ1) is 7.76. The number of benzene rings is 1. The predicted octanol–water partition coefficient (Wildman–Crippen LogP) is 0.985. The van der Waals surface area contributed by atoms with Gasteiger partial charge < -0.3 is 14.5 Å². The van der Waals surface area contributed by atoms with E-state index in [1.807, 2.05) is 12.1 Å². The fourth-order valence-corrected chi connectivity index (χ4v) is 1.67. The Morgan fingerprint density at radius 3 is 2.88 bits per heavy atom. The maximum absolute atomic E-state index is 11.7. The number of H-pyrrole nitrogens is 1. The van der Waals surface area contributed by atoms with Crippen LogP contribution in [0.25, 0.3) is 11.0 Å². The van der Waals surface area contributed by atoms with Crippen LogP contribution in [0.15, 0.2) is 23.0 Å². The van der Waals surface area contributed by atoms with Crippen molar-refractivity contribution in [2.75, 3.05) is 20.8 Å². The number of ether oxygens (including phenoxy) is 2. The summed E-state index contributed by atoms with van der Waals surface area (Å²) < 4.78 is 11.7. The summed E-state index contributed by atoms with van der Waals surface area (Å²) in [4.78, 5) is 14.4. The minimum Gasteiger partial charge on any atom is -0.497 e. The fourth-order valence-electron chi connectivity index (χ4n) is 1.67. The van der Waals surface area contributed by atoms with Gasteiger partial charge in [-0.25, -0.2) is 4.79 Å². The molecule has 0 fully saturated rings. The number of rotatable bonds is 4. The number of imidazole rings is 1. The molecule has 1 aromatic carbocycles. The van der Waals surface area contributed by atoms with E-state index in [-0.39, 0.29) is 5.69 Å². The third-order valence-corrected chi connectivity index (χ3v) is 2.50. The van der Waals surface area contributed by atoms with Crippen molar-refractivity contribution < 1.29 is 9.47 Å². The van der Waals surface area contributed by atoms with E-state index >= 15 is 0 Å². The first kappa shape index (κ1) is 10.8. The van der Waals surface area contributed by atoms with Crippen LogP contribution in [0.5, 0.6) is 5.75 Å². The van der Waals surface area contributed by atoms with E-state index in [1.165, 1.54) is 0 Å². The SMILES string of the molecule is COCCn1c(=O)[nH]c2cc(OC)ccc21. The molecule has 0 aliphatic heterocycles. The third kappa shape index (κ3) is 1.81. The second-order valence-electron chi connectivity index (χ2n) is 3.46. The zero-order chi connectivity index (χ0) is 11.5. The molecule has 0 saturated heterocycles. The van der Waals surface area contributed by atoms with Gasteiger partial charge in [-0.3, -0.25) is 4.57 Å². The standard InChI is InChI=1S/C11H14N2O3/c1-15-6-5-13-10-4-3-8(16-2)7-9(10)12-11(13)14/h3-4,7H,5-6H2,1-2H3,(H,12,14). The molecule has 86 valence electrons. The van der Waals surface area contributed by atoms with Gasteiger partial charge in [-0.1, -0.05) is 0 Å². The second kappa shape index (κ2) is 4.40. The molecule has 0 saturated carbocycles. The molecule has 1 aromatic heterocycles. The van der Waals surface area contributed by atoms with Crippen LogP contribution < -0.4 is 10.4 Å². The highest BCUT2D eigenvalue weighted by atomic mass is 16.5. The Morgan fingerprint density at radius 2 is 2.19 bits per heavy atom. The Labute approximate surface area is 92.6 Å². The molecule has 0 radical (unpaired) electrons. The van der Waals surface area contributed by atoms with E-state index in [2.05, 4.69) is 4.98 Å². The molecule has 1 N–H and O–H groups in total. The normalized spacial score (nSPS) is 10.9. The number of nitrogens with zero attached hydrogens (tertiary/aromatic N) is 1. The van der Waals surface area contributed by atoms with Crippen LogP contribution in [0, 0.1) is 0 Å². The van der Waals surface area contributed by atoms with Crippen LogP contribution in [0.4, 0.5) is 0 Å². The van der Waals surface area contributed by atoms with Crippen molar-refractivity contribution in [3.8, 4) is 5.75 Å². The zero-order valence-corrected chi connectivity index (χ0v) is 9.32. The second-order valence-corrected chi connectivity index (χ2v) is 3.46. The Morgan fingerprint density at radius 1 is 1.38 bits per heavy atom. The highest BCUT2D eigenvalue weighted by Gasteiger charge is 2.06. The Balaban J connectivity index is 2.49. The lowest BCUT2D eigenvalue weighted by molar-refractivity contribution is 0.187. The highest BCUT2D eigenvalue weighted by Crippen LogP contribution is 2.17. The van der Waals surface area contributed by atoms with Crippen LogP contribution in [0.1, 0.15) is 0 Å². The summed E-state index contributed by atoms with van der Waals surface area (Å²) >= 11 is 0. The molecule has 0 aliphatic carbocycles. The van der Waals surface area contributed by atoms with Crippen LogP contribution in [0.3, 0.4) is 0 Å². The first-order valence-electron chi connectivity index (χ1n) is 5.01. The van der Waals surface area contributed by atoms with Gasteiger partial charge in [0.15, 0.2) is 0 Å². The van der Waals surface area contributed by atoms with Gasteiger partial charge in [0, 0.05) is 13.2 Å². The van der Waals surface area contributed by atoms with E-state index in [1.54, 1.807) is 24.9 Å². The Bertz CT molecular complexity index is 542. The molecule has 0 atom stereocenters. The van der Waals surface area contributed by atoms with Crippen molar-refractivity contribution in [2.24, 2.45) is 0 Å². The molecule has 0 bridgehead atoms. The zero-order valence-electron chi connectivity index (χ0n) is 9.32. The Hall–Kier alpha value is -1.75. The lowest BCUT2D eigenvalue weighted by Gasteiger charge is -2.03. The number of aromatic amines is 1. The average molecular weight is 222 g/mol. The summed E-state index contributed by atoms with van der Waals surface area (Å²) in [5, 5.41) is 0. The van der Waals surface area contributed by atoms with Gasteiger partial charge in [0.1, 0.15) is 5.75 Å². The summed E-state index contributed by atoms with van der Waals surface area (Å²) in [7, 11) is 3.21. The summed E-state index contributed by atoms with van der Waals surface area (Å²) in [5.41, 5.74) is 1.52. The van der Waals surface area contributed by atoms with Crippen molar-refractivity contribution in [1.29, 1.82) is 0 Å². The molecule has 1 heterocycles. The van der Waals surface area contributed by atoms with Crippen LogP contribution in [-0.4, -0.2) is 30.4 Å². The number of methoxy groups -OCH3 is 2. The molecule has 2 aromatic rings. The van der Waals surface area contributed by atoms with Crippen molar-refractivity contribution in [1.82, 2.24) is 9.55 Å². The monoisotopic (exact) mass is 222 g/mol. The highest BCUT2D eigenvalue weighted by molar-refractivity contribution is 5.76. The minimum absolute atomic E-state index is 0.125. The average Bonchev–Trinajstić information content (AvgIpc) is 2.61. The third-order valence-electron chi connectivity index (χ3n) is 2.50. The summed E-state index contributed by atoms with van der Waals surface area (Å²) in [6.07, 6.45) is 0. The van der Waals surface area contributed by atoms with Crippen molar-refractivity contribution >= 4 is 11.0 Å². The smallest absolute Gasteiger partial charge is 0.326 e. The van der Waals surface area contributed by atoms with E-state index in [0.29, 0.717) is 13.2 Å². The number of hydrogen-bond acceptors (Lipinski definition) is 3. The van der Waals surface area contributed by atoms with E-state index in [0.717, 1.165) is 16.8 Å². The maximum atomic E-state index is 11.7. The summed E-state index contributed by atoms with van der Waals surface area (Å²) in [6.45, 7) is 1.06. The van der Waals surface area contributed by atoms with Crippen LogP contribution in [0.2, 0.25) is 0 Å². The van der Waals surface area contributed by atoms with Gasteiger partial charge >= 0.3 is 5.69 Å². The van der Waals surface area contributed by atoms with Crippen molar-refractivity contribution in [3.63, 3.8) is 0 Å². The maximum Gasteiger partial charge on any atom is 0.326 e. The van der Waals surface area contributed by atoms with Crippen LogP contribution >= 0.6 is 0 Å². The molecule has 0 spiro atoms. The van der Waals surface area contributed by atoms with E-state index in [4.69, 9.17) is 9.47 Å². The van der Waals surface area contributed by atoms with E-state index in [9.17, 15) is 4.79 Å². The number of fused-ring (bicyclic) bond motifs is 1. The molecule has 0 aliphatic rings. The first-order valence-corrected chi connectivity index (χ1v) is 5.01. The Kier molecular flexibility index (Phi) is 2.96. The summed E-state index contributed by atoms with van der Waals surface area (Å²) in [6, 6.07) is 5.50. The van der Waals surface area contributed by atoms with Gasteiger partial charge in [-0.2, -0.15) is 0 Å². The fraction of sp³-hybridized carbons (Fsp3) is 0.364. The molecule has 5 nitrogen and oxygen atoms in total. The van der Waals surface area contributed by atoms with Gasteiger partial charge in [-0.15, -0.1) is 0 Å². The van der Waals surface area contributed by atoms with Gasteiger partial charge in [0.05, 0.1) is 31.3 Å². The molecule has 16 heavy (non-hydrogen) atoms. The molecule has 0 amide bonds. The van der Waals surface area contributed by atoms with E-state index < -0.39 is 0 Å². The molecular weight excluding hydrogens is 208 g/mol. The lowest BCUT2D eigenvalue weighted by atomic mass is 10.3. The number of aromatic nitrogens is 2. The number of hydrogen-bond donors (Lipinski definition) is 1. The largest absolute Gasteiger partial charge is 0.497 e. The predicted molar refractivity (Wildman–Crippen MR) is 61.0 cm³/mol. The quantitative estimate of drug-likeness (QED) is 0.839. The minimum atomic E-state index is -0.125. The topological polar surface area (TPSA) is 56.2 Å². The molecule has 2 rings (SSSR count). The van der Waals surface area contributed by atoms with Crippen molar-refractivity contribution in [3.05, 3.63) is 28.7 Å². The molecular formula is C11H14N2O3. The van der Waals surface area contributed by atoms with Gasteiger partial charge in [0.2, 0.25) is 0 Å². The summed E-state index contributed by atoms with van der Waals surface area (Å²) in [5.74, 6) is 0.729. The number of nitrogens with one attached hydrogen (secondary N) is 1. The van der Waals surface area contributed by atoms with Crippen LogP contribution in [-0.2, 0) is 11.3 Å². The van der Waals surface area contributed by atoms with Gasteiger partial charge in [-0.05, 0) is 12.1 Å². The van der Waals surface area contributed by atoms with Crippen molar-refractivity contribution in [2.45, 2.75) is 6.54 Å². The molecule has 5 heteroatoms. The van der Waals surface area contributed by atoms with Gasteiger partial charge in [0.25, 0.3) is 0 Å².